The molecule has 184 valence electrons. The van der Waals surface area contributed by atoms with Crippen molar-refractivity contribution in [3.63, 3.8) is 0 Å². The number of carbonyl (C=O) groups excluding carboxylic acids is 2. The Kier molecular flexibility index (Phi) is 6.25. The second-order valence-electron chi connectivity index (χ2n) is 10.2. The third-order valence-electron chi connectivity index (χ3n) is 7.18. The number of nitrogens with one attached hydrogen (secondary N) is 1. The smallest absolute Gasteiger partial charge is 0.407 e. The van der Waals surface area contributed by atoms with Crippen LogP contribution in [0.1, 0.15) is 43.7 Å². The van der Waals surface area contributed by atoms with Gasteiger partial charge in [0.15, 0.2) is 0 Å². The van der Waals surface area contributed by atoms with Gasteiger partial charge in [-0.05, 0) is 54.9 Å². The van der Waals surface area contributed by atoms with Crippen molar-refractivity contribution < 1.29 is 24.2 Å². The van der Waals surface area contributed by atoms with E-state index in [1.54, 1.807) is 30.5 Å². The van der Waals surface area contributed by atoms with Crippen LogP contribution >= 0.6 is 11.8 Å². The van der Waals surface area contributed by atoms with Gasteiger partial charge in [-0.25, -0.2) is 9.59 Å². The van der Waals surface area contributed by atoms with Crippen molar-refractivity contribution in [3.05, 3.63) is 59.7 Å². The van der Waals surface area contributed by atoms with Gasteiger partial charge in [-0.2, -0.15) is 0 Å². The van der Waals surface area contributed by atoms with Crippen LogP contribution in [0.2, 0.25) is 0 Å². The number of carboxylic acids is 1. The summed E-state index contributed by atoms with van der Waals surface area (Å²) in [7, 11) is 0. The number of carboxylic acid groups (broad SMARTS) is 1. The van der Waals surface area contributed by atoms with E-state index >= 15 is 0 Å². The minimum absolute atomic E-state index is 0.0416. The molecule has 1 saturated heterocycles. The molecule has 0 spiro atoms. The van der Waals surface area contributed by atoms with Crippen molar-refractivity contribution >= 4 is 29.7 Å². The maximum atomic E-state index is 13.4. The van der Waals surface area contributed by atoms with E-state index in [4.69, 9.17) is 4.74 Å². The number of rotatable bonds is 7. The highest BCUT2D eigenvalue weighted by molar-refractivity contribution is 8.00. The van der Waals surface area contributed by atoms with Crippen molar-refractivity contribution in [2.45, 2.75) is 44.0 Å². The van der Waals surface area contributed by atoms with Crippen molar-refractivity contribution in [2.75, 3.05) is 18.9 Å². The molecule has 2 aromatic rings. The molecule has 1 saturated carbocycles. The summed E-state index contributed by atoms with van der Waals surface area (Å²) in [6, 6.07) is 15.4. The summed E-state index contributed by atoms with van der Waals surface area (Å²) in [5.74, 6) is -0.503. The van der Waals surface area contributed by atoms with Crippen LogP contribution < -0.4 is 5.32 Å². The number of fused-ring (bicyclic) bond motifs is 3. The van der Waals surface area contributed by atoms with Crippen LogP contribution in [0.3, 0.4) is 0 Å². The van der Waals surface area contributed by atoms with E-state index in [1.807, 2.05) is 24.3 Å². The van der Waals surface area contributed by atoms with E-state index in [-0.39, 0.29) is 30.4 Å². The van der Waals surface area contributed by atoms with Gasteiger partial charge in [0, 0.05) is 18.2 Å². The zero-order valence-electron chi connectivity index (χ0n) is 19.9. The zero-order valence-corrected chi connectivity index (χ0v) is 20.7. The Hall–Kier alpha value is -3.00. The van der Waals surface area contributed by atoms with Crippen molar-refractivity contribution in [2.24, 2.45) is 11.3 Å². The van der Waals surface area contributed by atoms with E-state index in [1.165, 1.54) is 0 Å². The summed E-state index contributed by atoms with van der Waals surface area (Å²) < 4.78 is 5.60. The number of nitrogens with zero attached hydrogens (tertiary/aromatic N) is 1. The summed E-state index contributed by atoms with van der Waals surface area (Å²) in [6.45, 7) is 3.74. The molecule has 0 aromatic heterocycles. The molecule has 2 aromatic carbocycles. The normalized spacial score (nSPS) is 21.4. The summed E-state index contributed by atoms with van der Waals surface area (Å²) in [6.07, 6.45) is 1.45. The first-order valence-electron chi connectivity index (χ1n) is 12.0. The molecular weight excluding hydrogens is 464 g/mol. The molecule has 3 aliphatic rings. The summed E-state index contributed by atoms with van der Waals surface area (Å²) in [5.41, 5.74) is 3.62. The molecule has 2 fully saturated rings. The summed E-state index contributed by atoms with van der Waals surface area (Å²) >= 11 is 1.55. The van der Waals surface area contributed by atoms with Crippen LogP contribution in [0.25, 0.3) is 11.1 Å². The quantitative estimate of drug-likeness (QED) is 0.595. The minimum atomic E-state index is -0.978. The van der Waals surface area contributed by atoms with Crippen LogP contribution in [0, 0.1) is 11.3 Å². The lowest BCUT2D eigenvalue weighted by molar-refractivity contribution is -0.153. The number of thioether (sulfide) groups is 1. The summed E-state index contributed by atoms with van der Waals surface area (Å²) in [4.78, 5) is 39.4. The van der Waals surface area contributed by atoms with Gasteiger partial charge in [-0.15, -0.1) is 11.8 Å². The molecule has 1 aliphatic heterocycles. The van der Waals surface area contributed by atoms with Crippen LogP contribution in [0.15, 0.2) is 48.5 Å². The van der Waals surface area contributed by atoms with Gasteiger partial charge in [0.05, 0.1) is 10.8 Å². The van der Waals surface area contributed by atoms with E-state index < -0.39 is 23.5 Å². The number of aliphatic carboxylic acids is 1. The molecule has 2 aliphatic carbocycles. The first-order valence-corrected chi connectivity index (χ1v) is 13.1. The minimum Gasteiger partial charge on any atom is -0.480 e. The second kappa shape index (κ2) is 9.22. The Balaban J connectivity index is 1.21. The SMILES string of the molecule is CC(C)(CNC(=O)OCC1c2ccccc2-c2ccccc21)C(=O)N1C(C(=O)O)CSC1C1CC1. The van der Waals surface area contributed by atoms with Gasteiger partial charge in [0.1, 0.15) is 12.6 Å². The lowest BCUT2D eigenvalue weighted by atomic mass is 9.90. The maximum absolute atomic E-state index is 13.4. The molecule has 5 rings (SSSR count). The van der Waals surface area contributed by atoms with E-state index in [0.29, 0.717) is 11.7 Å². The Labute approximate surface area is 209 Å². The first kappa shape index (κ1) is 23.7. The third-order valence-corrected chi connectivity index (χ3v) is 8.64. The van der Waals surface area contributed by atoms with Crippen molar-refractivity contribution in [1.29, 1.82) is 0 Å². The predicted molar refractivity (Wildman–Crippen MR) is 134 cm³/mol. The van der Waals surface area contributed by atoms with Crippen molar-refractivity contribution in [1.82, 2.24) is 10.2 Å². The molecule has 2 N–H and O–H groups in total. The number of alkyl carbamates (subject to hydrolysis) is 1. The lowest BCUT2D eigenvalue weighted by Crippen LogP contribution is -2.53. The van der Waals surface area contributed by atoms with Gasteiger partial charge in [-0.1, -0.05) is 48.5 Å². The maximum Gasteiger partial charge on any atom is 0.407 e. The lowest BCUT2D eigenvalue weighted by Gasteiger charge is -2.35. The van der Waals surface area contributed by atoms with Gasteiger partial charge in [0.2, 0.25) is 5.91 Å². The average molecular weight is 495 g/mol. The van der Waals surface area contributed by atoms with Gasteiger partial charge >= 0.3 is 12.1 Å². The molecule has 2 atom stereocenters. The largest absolute Gasteiger partial charge is 0.480 e. The number of hydrogen-bond acceptors (Lipinski definition) is 5. The Morgan fingerprint density at radius 1 is 1.06 bits per heavy atom. The molecule has 8 heteroatoms. The topological polar surface area (TPSA) is 95.9 Å². The molecular formula is C27H30N2O5S. The van der Waals surface area contributed by atoms with Crippen LogP contribution in [0.4, 0.5) is 4.79 Å². The Bertz CT molecular complexity index is 1120. The molecule has 0 radical (unpaired) electrons. The molecule has 7 nitrogen and oxygen atoms in total. The predicted octanol–water partition coefficient (Wildman–Crippen LogP) is 4.32. The molecule has 0 bridgehead atoms. The fraction of sp³-hybridized carbons (Fsp3) is 0.444. The van der Waals surface area contributed by atoms with Crippen LogP contribution in [0.5, 0.6) is 0 Å². The number of hydrogen-bond donors (Lipinski definition) is 2. The number of carbonyl (C=O) groups is 3. The van der Waals surface area contributed by atoms with E-state index in [2.05, 4.69) is 29.6 Å². The van der Waals surface area contributed by atoms with Crippen LogP contribution in [-0.4, -0.2) is 58.3 Å². The van der Waals surface area contributed by atoms with E-state index in [9.17, 15) is 19.5 Å². The second-order valence-corrected chi connectivity index (χ2v) is 11.3. The van der Waals surface area contributed by atoms with Crippen LogP contribution in [-0.2, 0) is 14.3 Å². The fourth-order valence-corrected chi connectivity index (χ4v) is 6.72. The highest BCUT2D eigenvalue weighted by atomic mass is 32.2. The first-order chi connectivity index (χ1) is 16.8. The number of amides is 2. The standard InChI is InChI=1S/C27H30N2O5S/c1-27(2,25(32)29-22(24(30)31)14-35-23(29)16-11-12-16)15-28-26(33)34-13-21-19-9-5-3-7-17(19)18-8-4-6-10-20(18)21/h3-10,16,21-23H,11-15H2,1-2H3,(H,28,33)(H,30,31). The summed E-state index contributed by atoms with van der Waals surface area (Å²) in [5, 5.41) is 12.3. The highest BCUT2D eigenvalue weighted by Crippen LogP contribution is 2.47. The molecule has 2 unspecified atom stereocenters. The van der Waals surface area contributed by atoms with Gasteiger partial charge in [-0.3, -0.25) is 4.79 Å². The zero-order chi connectivity index (χ0) is 24.7. The molecule has 2 amide bonds. The average Bonchev–Trinajstić information content (AvgIpc) is 3.51. The van der Waals surface area contributed by atoms with Gasteiger partial charge in [0.25, 0.3) is 0 Å². The Morgan fingerprint density at radius 3 is 2.23 bits per heavy atom. The molecule has 35 heavy (non-hydrogen) atoms. The molecule has 1 heterocycles. The van der Waals surface area contributed by atoms with E-state index in [0.717, 1.165) is 35.1 Å². The monoisotopic (exact) mass is 494 g/mol. The fourth-order valence-electron chi connectivity index (χ4n) is 5.09. The highest BCUT2D eigenvalue weighted by Gasteiger charge is 2.50. The number of benzene rings is 2. The number of ether oxygens (including phenoxy) is 1. The third kappa shape index (κ3) is 4.51. The van der Waals surface area contributed by atoms with Gasteiger partial charge < -0.3 is 20.1 Å². The van der Waals surface area contributed by atoms with Crippen molar-refractivity contribution in [3.8, 4) is 11.1 Å². The Morgan fingerprint density at radius 2 is 1.66 bits per heavy atom.